The van der Waals surface area contributed by atoms with Gasteiger partial charge in [0.25, 0.3) is 0 Å². The molecule has 0 unspecified atom stereocenters. The molecule has 1 aliphatic rings. The van der Waals surface area contributed by atoms with Gasteiger partial charge in [-0.25, -0.2) is 0 Å². The molecule has 0 saturated carbocycles. The summed E-state index contributed by atoms with van der Waals surface area (Å²) < 4.78 is 0. The van der Waals surface area contributed by atoms with Gasteiger partial charge in [-0.05, 0) is 43.8 Å². The molecule has 0 aromatic heterocycles. The van der Waals surface area contributed by atoms with Crippen LogP contribution in [0.1, 0.15) is 18.4 Å². The molecule has 1 saturated heterocycles. The highest BCUT2D eigenvalue weighted by molar-refractivity contribution is 5.17. The molecule has 0 aliphatic carbocycles. The Kier molecular flexibility index (Phi) is 3.98. The van der Waals surface area contributed by atoms with Crippen LogP contribution in [0.15, 0.2) is 42.5 Å². The van der Waals surface area contributed by atoms with Gasteiger partial charge in [-0.15, -0.1) is 0 Å². The van der Waals surface area contributed by atoms with Gasteiger partial charge in [0.2, 0.25) is 0 Å². The molecule has 1 heteroatoms. The van der Waals surface area contributed by atoms with E-state index in [0.29, 0.717) is 0 Å². The molecule has 0 bridgehead atoms. The summed E-state index contributed by atoms with van der Waals surface area (Å²) in [6.45, 7) is 2.36. The number of hydrogen-bond acceptors (Lipinski definition) is 1. The van der Waals surface area contributed by atoms with Gasteiger partial charge in [0.1, 0.15) is 0 Å². The fourth-order valence-electron chi connectivity index (χ4n) is 2.05. The summed E-state index contributed by atoms with van der Waals surface area (Å²) in [7, 11) is 0. The molecule has 1 heterocycles. The summed E-state index contributed by atoms with van der Waals surface area (Å²) in [5, 5.41) is 3.39. The molecule has 80 valence electrons. The highest BCUT2D eigenvalue weighted by atomic mass is 14.9. The van der Waals surface area contributed by atoms with Gasteiger partial charge < -0.3 is 5.32 Å². The first-order chi connectivity index (χ1) is 7.45. The number of rotatable bonds is 3. The molecule has 1 fully saturated rings. The van der Waals surface area contributed by atoms with Gasteiger partial charge in [0, 0.05) is 0 Å². The maximum Gasteiger partial charge on any atom is -0.00433 e. The topological polar surface area (TPSA) is 12.0 Å². The van der Waals surface area contributed by atoms with Crippen molar-refractivity contribution in [2.45, 2.75) is 19.3 Å². The zero-order valence-corrected chi connectivity index (χ0v) is 9.15. The van der Waals surface area contributed by atoms with Gasteiger partial charge in [-0.1, -0.05) is 42.5 Å². The number of allylic oxidation sites excluding steroid dienone is 2. The monoisotopic (exact) mass is 201 g/mol. The quantitative estimate of drug-likeness (QED) is 0.741. The van der Waals surface area contributed by atoms with Gasteiger partial charge in [-0.3, -0.25) is 0 Å². The van der Waals surface area contributed by atoms with E-state index < -0.39 is 0 Å². The van der Waals surface area contributed by atoms with Crippen molar-refractivity contribution in [2.24, 2.45) is 5.92 Å². The van der Waals surface area contributed by atoms with Crippen molar-refractivity contribution in [2.75, 3.05) is 13.1 Å². The first-order valence-electron chi connectivity index (χ1n) is 5.86. The van der Waals surface area contributed by atoms with Crippen LogP contribution in [0.25, 0.3) is 0 Å². The lowest BCUT2D eigenvalue weighted by atomic mass is 9.97. The van der Waals surface area contributed by atoms with E-state index in [1.165, 1.54) is 31.5 Å². The average molecular weight is 201 g/mol. The summed E-state index contributed by atoms with van der Waals surface area (Å²) in [6.07, 6.45) is 8.39. The first kappa shape index (κ1) is 10.4. The Bertz CT molecular complexity index is 296. The van der Waals surface area contributed by atoms with Crippen molar-refractivity contribution < 1.29 is 0 Å². The second-order valence-corrected chi connectivity index (χ2v) is 4.21. The summed E-state index contributed by atoms with van der Waals surface area (Å²) in [6, 6.07) is 10.7. The third-order valence-corrected chi connectivity index (χ3v) is 2.99. The van der Waals surface area contributed by atoms with Crippen LogP contribution < -0.4 is 5.32 Å². The largest absolute Gasteiger partial charge is 0.317 e. The van der Waals surface area contributed by atoms with E-state index in [1.807, 2.05) is 0 Å². The van der Waals surface area contributed by atoms with E-state index in [9.17, 15) is 0 Å². The number of piperidine rings is 1. The molecule has 15 heavy (non-hydrogen) atoms. The second kappa shape index (κ2) is 5.72. The molecular weight excluding hydrogens is 182 g/mol. The standard InChI is InChI=1S/C14H19N/c1-2-5-13(6-3-1)7-4-8-14-9-11-15-12-10-14/h1-6,8,14-15H,7,9-12H2. The fraction of sp³-hybridized carbons (Fsp3) is 0.429. The van der Waals surface area contributed by atoms with Gasteiger partial charge in [0.15, 0.2) is 0 Å². The van der Waals surface area contributed by atoms with Crippen molar-refractivity contribution in [3.05, 3.63) is 48.0 Å². The average Bonchev–Trinajstić information content (AvgIpc) is 2.32. The van der Waals surface area contributed by atoms with Crippen LogP contribution in [0.3, 0.4) is 0 Å². The van der Waals surface area contributed by atoms with E-state index in [0.717, 1.165) is 12.3 Å². The molecule has 0 atom stereocenters. The molecule has 1 aromatic carbocycles. The van der Waals surface area contributed by atoms with Gasteiger partial charge >= 0.3 is 0 Å². The third kappa shape index (κ3) is 3.52. The maximum atomic E-state index is 3.39. The van der Waals surface area contributed by atoms with Gasteiger partial charge in [-0.2, -0.15) is 0 Å². The van der Waals surface area contributed by atoms with Crippen LogP contribution >= 0.6 is 0 Å². The number of nitrogens with one attached hydrogen (secondary N) is 1. The lowest BCUT2D eigenvalue weighted by Crippen LogP contribution is -2.26. The van der Waals surface area contributed by atoms with Crippen LogP contribution in [0, 0.1) is 5.92 Å². The Morgan fingerprint density at radius 3 is 2.60 bits per heavy atom. The third-order valence-electron chi connectivity index (χ3n) is 2.99. The number of benzene rings is 1. The normalized spacial score (nSPS) is 18.4. The van der Waals surface area contributed by atoms with Crippen LogP contribution in [0.4, 0.5) is 0 Å². The van der Waals surface area contributed by atoms with E-state index in [1.54, 1.807) is 0 Å². The minimum Gasteiger partial charge on any atom is -0.317 e. The Morgan fingerprint density at radius 1 is 1.13 bits per heavy atom. The summed E-state index contributed by atoms with van der Waals surface area (Å²) in [5.41, 5.74) is 1.41. The predicted molar refractivity (Wildman–Crippen MR) is 64.9 cm³/mol. The van der Waals surface area contributed by atoms with Crippen molar-refractivity contribution >= 4 is 0 Å². The smallest absolute Gasteiger partial charge is 0.00433 e. The Morgan fingerprint density at radius 2 is 1.87 bits per heavy atom. The van der Waals surface area contributed by atoms with Crippen LogP contribution in [0.2, 0.25) is 0 Å². The lowest BCUT2D eigenvalue weighted by Gasteiger charge is -2.19. The van der Waals surface area contributed by atoms with E-state index in [2.05, 4.69) is 47.8 Å². The van der Waals surface area contributed by atoms with Crippen LogP contribution in [0.5, 0.6) is 0 Å². The van der Waals surface area contributed by atoms with Crippen molar-refractivity contribution in [3.8, 4) is 0 Å². The molecular formula is C14H19N. The van der Waals surface area contributed by atoms with Crippen LogP contribution in [-0.4, -0.2) is 13.1 Å². The zero-order chi connectivity index (χ0) is 10.3. The van der Waals surface area contributed by atoms with Crippen molar-refractivity contribution in [1.82, 2.24) is 5.32 Å². The zero-order valence-electron chi connectivity index (χ0n) is 9.15. The molecule has 0 spiro atoms. The number of hydrogen-bond donors (Lipinski definition) is 1. The Labute approximate surface area is 92.2 Å². The van der Waals surface area contributed by atoms with E-state index in [4.69, 9.17) is 0 Å². The molecule has 0 radical (unpaired) electrons. The second-order valence-electron chi connectivity index (χ2n) is 4.21. The molecule has 1 aliphatic heterocycles. The van der Waals surface area contributed by atoms with Crippen LogP contribution in [-0.2, 0) is 6.42 Å². The fourth-order valence-corrected chi connectivity index (χ4v) is 2.05. The summed E-state index contributed by atoms with van der Waals surface area (Å²) >= 11 is 0. The summed E-state index contributed by atoms with van der Waals surface area (Å²) in [5.74, 6) is 0.801. The molecule has 2 rings (SSSR count). The molecule has 1 N–H and O–H groups in total. The SMILES string of the molecule is C(=CC1CCNCC1)Cc1ccccc1. The first-order valence-corrected chi connectivity index (χ1v) is 5.86. The van der Waals surface area contributed by atoms with E-state index >= 15 is 0 Å². The van der Waals surface area contributed by atoms with E-state index in [-0.39, 0.29) is 0 Å². The Hall–Kier alpha value is -1.08. The minimum atomic E-state index is 0.801. The van der Waals surface area contributed by atoms with Crippen molar-refractivity contribution in [3.63, 3.8) is 0 Å². The highest BCUT2D eigenvalue weighted by Crippen LogP contribution is 2.13. The molecule has 1 nitrogen and oxygen atoms in total. The molecule has 0 amide bonds. The van der Waals surface area contributed by atoms with Gasteiger partial charge in [0.05, 0.1) is 0 Å². The minimum absolute atomic E-state index is 0.801. The van der Waals surface area contributed by atoms with Crippen molar-refractivity contribution in [1.29, 1.82) is 0 Å². The predicted octanol–water partition coefficient (Wildman–Crippen LogP) is 2.78. The lowest BCUT2D eigenvalue weighted by molar-refractivity contribution is 0.436. The summed E-state index contributed by atoms with van der Waals surface area (Å²) in [4.78, 5) is 0. The highest BCUT2D eigenvalue weighted by Gasteiger charge is 2.08. The maximum absolute atomic E-state index is 3.39. The Balaban J connectivity index is 1.79. The molecule has 1 aromatic rings.